The van der Waals surface area contributed by atoms with Crippen LogP contribution in [-0.4, -0.2) is 47.9 Å². The second-order valence-electron chi connectivity index (χ2n) is 7.20. The fourth-order valence-corrected chi connectivity index (χ4v) is 4.48. The Hall–Kier alpha value is -1.99. The topological polar surface area (TPSA) is 75.7 Å². The zero-order valence-electron chi connectivity index (χ0n) is 14.8. The highest BCUT2D eigenvalue weighted by atomic mass is 79.9. The van der Waals surface area contributed by atoms with Gasteiger partial charge in [0, 0.05) is 11.0 Å². The van der Waals surface area contributed by atoms with E-state index in [4.69, 9.17) is 4.74 Å². The molecule has 7 heteroatoms. The van der Waals surface area contributed by atoms with Gasteiger partial charge in [-0.25, -0.2) is 0 Å². The molecule has 6 nitrogen and oxygen atoms in total. The van der Waals surface area contributed by atoms with Crippen molar-refractivity contribution in [3.63, 3.8) is 0 Å². The van der Waals surface area contributed by atoms with Gasteiger partial charge in [-0.3, -0.25) is 19.3 Å². The number of imide groups is 1. The summed E-state index contributed by atoms with van der Waals surface area (Å²) < 4.78 is 6.72. The van der Waals surface area contributed by atoms with Crippen molar-refractivity contribution < 1.29 is 19.1 Å². The molecule has 3 aliphatic heterocycles. The number of carbonyl (C=O) groups is 3. The lowest BCUT2D eigenvalue weighted by Gasteiger charge is -2.16. The van der Waals surface area contributed by atoms with E-state index in [2.05, 4.69) is 21.2 Å². The average Bonchev–Trinajstić information content (AvgIpc) is 3.33. The molecule has 142 valence electrons. The van der Waals surface area contributed by atoms with Crippen molar-refractivity contribution in [3.8, 4) is 0 Å². The van der Waals surface area contributed by atoms with Gasteiger partial charge in [0.2, 0.25) is 17.7 Å². The number of nitrogens with zero attached hydrogens (tertiary/aromatic N) is 1. The SMILES string of the molecule is O=C(CN1C(=O)C2C3CCC(O3)C2C1=O)NCC/C=C/c1ccc(Br)cc1. The van der Waals surface area contributed by atoms with E-state index in [9.17, 15) is 14.4 Å². The number of likely N-dealkylation sites (tertiary alicyclic amines) is 1. The molecule has 3 aliphatic rings. The van der Waals surface area contributed by atoms with Gasteiger partial charge >= 0.3 is 0 Å². The van der Waals surface area contributed by atoms with Crippen LogP contribution in [0.4, 0.5) is 0 Å². The molecular formula is C20H21BrN2O4. The summed E-state index contributed by atoms with van der Waals surface area (Å²) >= 11 is 3.39. The van der Waals surface area contributed by atoms with Crippen molar-refractivity contribution >= 4 is 39.7 Å². The van der Waals surface area contributed by atoms with Crippen LogP contribution in [0.5, 0.6) is 0 Å². The minimum Gasteiger partial charge on any atom is -0.373 e. The summed E-state index contributed by atoms with van der Waals surface area (Å²) in [4.78, 5) is 38.3. The number of hydrogen-bond acceptors (Lipinski definition) is 4. The highest BCUT2D eigenvalue weighted by molar-refractivity contribution is 9.10. The molecule has 3 fully saturated rings. The smallest absolute Gasteiger partial charge is 0.240 e. The first kappa shape index (κ1) is 18.4. The maximum Gasteiger partial charge on any atom is 0.240 e. The second-order valence-corrected chi connectivity index (χ2v) is 8.11. The zero-order valence-corrected chi connectivity index (χ0v) is 16.4. The van der Waals surface area contributed by atoms with E-state index in [-0.39, 0.29) is 48.3 Å². The third-order valence-electron chi connectivity index (χ3n) is 5.49. The quantitative estimate of drug-likeness (QED) is 0.551. The van der Waals surface area contributed by atoms with Crippen LogP contribution in [0.1, 0.15) is 24.8 Å². The lowest BCUT2D eigenvalue weighted by atomic mass is 9.81. The molecule has 3 heterocycles. The Bertz CT molecular complexity index is 764. The lowest BCUT2D eigenvalue weighted by Crippen LogP contribution is -2.42. The summed E-state index contributed by atoms with van der Waals surface area (Å²) in [6, 6.07) is 7.94. The minimum atomic E-state index is -0.377. The van der Waals surface area contributed by atoms with Gasteiger partial charge in [-0.15, -0.1) is 0 Å². The summed E-state index contributed by atoms with van der Waals surface area (Å²) in [5, 5.41) is 2.77. The predicted octanol–water partition coefficient (Wildman–Crippen LogP) is 2.13. The molecule has 1 aromatic carbocycles. The van der Waals surface area contributed by atoms with Gasteiger partial charge in [-0.1, -0.05) is 40.2 Å². The fraction of sp³-hybridized carbons (Fsp3) is 0.450. The maximum absolute atomic E-state index is 12.5. The lowest BCUT2D eigenvalue weighted by molar-refractivity contribution is -0.145. The number of carbonyl (C=O) groups excluding carboxylic acids is 3. The van der Waals surface area contributed by atoms with Gasteiger partial charge in [0.05, 0.1) is 24.0 Å². The van der Waals surface area contributed by atoms with Gasteiger partial charge in [0.15, 0.2) is 0 Å². The third-order valence-corrected chi connectivity index (χ3v) is 6.02. The Balaban J connectivity index is 1.23. The molecule has 0 spiro atoms. The van der Waals surface area contributed by atoms with E-state index in [1.807, 2.05) is 36.4 Å². The van der Waals surface area contributed by atoms with Crippen molar-refractivity contribution in [1.82, 2.24) is 10.2 Å². The number of halogens is 1. The molecule has 2 bridgehead atoms. The molecule has 4 unspecified atom stereocenters. The predicted molar refractivity (Wildman–Crippen MR) is 102 cm³/mol. The van der Waals surface area contributed by atoms with Crippen molar-refractivity contribution in [3.05, 3.63) is 40.4 Å². The first-order valence-electron chi connectivity index (χ1n) is 9.24. The summed E-state index contributed by atoms with van der Waals surface area (Å²) in [6.07, 6.45) is 6.01. The first-order valence-corrected chi connectivity index (χ1v) is 10.0. The molecule has 0 saturated carbocycles. The van der Waals surface area contributed by atoms with Crippen molar-refractivity contribution in [2.24, 2.45) is 11.8 Å². The van der Waals surface area contributed by atoms with Crippen molar-refractivity contribution in [2.45, 2.75) is 31.5 Å². The zero-order chi connectivity index (χ0) is 19.0. The van der Waals surface area contributed by atoms with Crippen LogP contribution in [-0.2, 0) is 19.1 Å². The van der Waals surface area contributed by atoms with Crippen LogP contribution in [0.3, 0.4) is 0 Å². The molecule has 0 aliphatic carbocycles. The second kappa shape index (κ2) is 7.56. The van der Waals surface area contributed by atoms with Gasteiger partial charge in [0.1, 0.15) is 6.54 Å². The Morgan fingerprint density at radius 2 is 1.78 bits per heavy atom. The number of amides is 3. The van der Waals surface area contributed by atoms with E-state index >= 15 is 0 Å². The molecule has 0 aromatic heterocycles. The highest BCUT2D eigenvalue weighted by Crippen LogP contribution is 2.48. The summed E-state index contributed by atoms with van der Waals surface area (Å²) in [5.74, 6) is -1.55. The van der Waals surface area contributed by atoms with E-state index in [0.717, 1.165) is 27.8 Å². The third kappa shape index (κ3) is 3.58. The Kier molecular flexibility index (Phi) is 5.14. The number of benzene rings is 1. The van der Waals surface area contributed by atoms with Crippen molar-refractivity contribution in [1.29, 1.82) is 0 Å². The van der Waals surface area contributed by atoms with Crippen LogP contribution in [0.25, 0.3) is 6.08 Å². The molecule has 3 saturated heterocycles. The van der Waals surface area contributed by atoms with Crippen LogP contribution >= 0.6 is 15.9 Å². The number of hydrogen-bond donors (Lipinski definition) is 1. The first-order chi connectivity index (χ1) is 13.0. The van der Waals surface area contributed by atoms with Crippen LogP contribution in [0.2, 0.25) is 0 Å². The van der Waals surface area contributed by atoms with Crippen LogP contribution < -0.4 is 5.32 Å². The summed E-state index contributed by atoms with van der Waals surface area (Å²) in [5.41, 5.74) is 1.08. The molecule has 4 rings (SSSR count). The fourth-order valence-electron chi connectivity index (χ4n) is 4.22. The number of fused-ring (bicyclic) bond motifs is 5. The molecule has 27 heavy (non-hydrogen) atoms. The standard InChI is InChI=1S/C20H21BrN2O4/c21-13-6-4-12(5-7-13)3-1-2-10-22-16(24)11-23-19(25)17-14-8-9-15(27-14)18(17)20(23)26/h1,3-7,14-15,17-18H,2,8-11H2,(H,22,24)/b3-1+. The Morgan fingerprint density at radius 3 is 2.41 bits per heavy atom. The normalized spacial score (nSPS) is 29.0. The van der Waals surface area contributed by atoms with Crippen LogP contribution in [0.15, 0.2) is 34.8 Å². The van der Waals surface area contributed by atoms with E-state index in [1.165, 1.54) is 0 Å². The Morgan fingerprint density at radius 1 is 1.15 bits per heavy atom. The van der Waals surface area contributed by atoms with Gasteiger partial charge < -0.3 is 10.1 Å². The van der Waals surface area contributed by atoms with E-state index < -0.39 is 0 Å². The average molecular weight is 433 g/mol. The Labute approximate surface area is 166 Å². The number of ether oxygens (including phenoxy) is 1. The number of rotatable bonds is 6. The molecule has 1 N–H and O–H groups in total. The highest BCUT2D eigenvalue weighted by Gasteiger charge is 2.62. The van der Waals surface area contributed by atoms with Gasteiger partial charge in [0.25, 0.3) is 0 Å². The molecule has 4 atom stereocenters. The largest absolute Gasteiger partial charge is 0.373 e. The molecule has 1 aromatic rings. The van der Waals surface area contributed by atoms with Crippen molar-refractivity contribution in [2.75, 3.05) is 13.1 Å². The van der Waals surface area contributed by atoms with Gasteiger partial charge in [-0.2, -0.15) is 0 Å². The summed E-state index contributed by atoms with van der Waals surface area (Å²) in [6.45, 7) is 0.268. The summed E-state index contributed by atoms with van der Waals surface area (Å²) in [7, 11) is 0. The minimum absolute atomic E-state index is 0.145. The van der Waals surface area contributed by atoms with E-state index in [0.29, 0.717) is 13.0 Å². The van der Waals surface area contributed by atoms with Gasteiger partial charge in [-0.05, 0) is 37.0 Å². The van der Waals surface area contributed by atoms with Crippen LogP contribution in [0, 0.1) is 11.8 Å². The number of nitrogens with one attached hydrogen (secondary N) is 1. The molecule has 0 radical (unpaired) electrons. The monoisotopic (exact) mass is 432 g/mol. The maximum atomic E-state index is 12.5. The molecule has 3 amide bonds. The molecular weight excluding hydrogens is 412 g/mol. The van der Waals surface area contributed by atoms with E-state index in [1.54, 1.807) is 0 Å².